The van der Waals surface area contributed by atoms with E-state index in [0.717, 1.165) is 22.5 Å². The maximum absolute atomic E-state index is 10.9. The third-order valence-electron chi connectivity index (χ3n) is 3.89. The lowest BCUT2D eigenvalue weighted by atomic mass is 9.88. The second kappa shape index (κ2) is 5.78. The summed E-state index contributed by atoms with van der Waals surface area (Å²) < 4.78 is 0. The van der Waals surface area contributed by atoms with Gasteiger partial charge in [0.25, 0.3) is 0 Å². The Morgan fingerprint density at radius 1 is 0.667 bits per heavy atom. The molecule has 0 aliphatic heterocycles. The van der Waals surface area contributed by atoms with E-state index in [0.29, 0.717) is 0 Å². The SMILES string of the molecule is CN(C)c1ccc(C(C)(O)c2ccc(N(C)C)cc2)cc1. The van der Waals surface area contributed by atoms with Crippen LogP contribution in [0, 0.1) is 0 Å². The smallest absolute Gasteiger partial charge is 0.112 e. The Morgan fingerprint density at radius 2 is 0.952 bits per heavy atom. The molecule has 2 rings (SSSR count). The molecule has 0 spiro atoms. The summed E-state index contributed by atoms with van der Waals surface area (Å²) in [5.41, 5.74) is 3.04. The summed E-state index contributed by atoms with van der Waals surface area (Å²) in [5, 5.41) is 10.9. The van der Waals surface area contributed by atoms with E-state index in [1.165, 1.54) is 0 Å². The molecule has 2 aromatic rings. The first-order valence-electron chi connectivity index (χ1n) is 7.10. The fourth-order valence-corrected chi connectivity index (χ4v) is 2.33. The van der Waals surface area contributed by atoms with Gasteiger partial charge in [-0.15, -0.1) is 0 Å². The molecule has 3 heteroatoms. The van der Waals surface area contributed by atoms with Crippen LogP contribution in [0.2, 0.25) is 0 Å². The molecule has 0 amide bonds. The van der Waals surface area contributed by atoms with Gasteiger partial charge in [0.2, 0.25) is 0 Å². The van der Waals surface area contributed by atoms with Gasteiger partial charge in [-0.2, -0.15) is 0 Å². The minimum Gasteiger partial charge on any atom is -0.381 e. The molecule has 0 aliphatic rings. The van der Waals surface area contributed by atoms with Crippen molar-refractivity contribution in [2.24, 2.45) is 0 Å². The minimum atomic E-state index is -0.990. The highest BCUT2D eigenvalue weighted by atomic mass is 16.3. The van der Waals surface area contributed by atoms with E-state index in [1.807, 2.05) is 93.4 Å². The standard InChI is InChI=1S/C18H24N2O/c1-18(21,14-6-10-16(11-7-14)19(2)3)15-8-12-17(13-9-15)20(4)5/h6-13,21H,1-5H3. The Labute approximate surface area is 127 Å². The number of benzene rings is 2. The zero-order valence-corrected chi connectivity index (χ0v) is 13.5. The van der Waals surface area contributed by atoms with Gasteiger partial charge in [0.05, 0.1) is 0 Å². The van der Waals surface area contributed by atoms with E-state index in [4.69, 9.17) is 0 Å². The Morgan fingerprint density at radius 3 is 1.19 bits per heavy atom. The summed E-state index contributed by atoms with van der Waals surface area (Å²) in [4.78, 5) is 4.09. The molecule has 0 heterocycles. The highest BCUT2D eigenvalue weighted by Gasteiger charge is 2.25. The molecule has 21 heavy (non-hydrogen) atoms. The molecule has 0 unspecified atom stereocenters. The lowest BCUT2D eigenvalue weighted by molar-refractivity contribution is 0.102. The average molecular weight is 284 g/mol. The van der Waals surface area contributed by atoms with E-state index in [1.54, 1.807) is 0 Å². The average Bonchev–Trinajstić information content (AvgIpc) is 2.47. The van der Waals surface area contributed by atoms with Crippen molar-refractivity contribution < 1.29 is 5.11 Å². The Bertz CT molecular complexity index is 530. The van der Waals surface area contributed by atoms with Gasteiger partial charge in [-0.1, -0.05) is 24.3 Å². The third-order valence-corrected chi connectivity index (χ3v) is 3.89. The third kappa shape index (κ3) is 3.19. The highest BCUT2D eigenvalue weighted by Crippen LogP contribution is 2.31. The molecule has 0 aromatic heterocycles. The van der Waals surface area contributed by atoms with Gasteiger partial charge in [-0.05, 0) is 42.3 Å². The number of aliphatic hydroxyl groups is 1. The summed E-state index contributed by atoms with van der Waals surface area (Å²) in [6.07, 6.45) is 0. The first-order valence-corrected chi connectivity index (χ1v) is 7.10. The molecule has 0 saturated carbocycles. The molecule has 3 nitrogen and oxygen atoms in total. The van der Waals surface area contributed by atoms with Crippen LogP contribution in [0.4, 0.5) is 11.4 Å². The maximum atomic E-state index is 10.9. The van der Waals surface area contributed by atoms with Gasteiger partial charge in [-0.3, -0.25) is 0 Å². The molecule has 0 bridgehead atoms. The summed E-state index contributed by atoms with van der Waals surface area (Å²) in [6, 6.07) is 16.0. The molecule has 0 saturated heterocycles. The van der Waals surface area contributed by atoms with E-state index in [9.17, 15) is 5.11 Å². The maximum Gasteiger partial charge on any atom is 0.112 e. The predicted octanol–water partition coefficient (Wildman–Crippen LogP) is 3.07. The van der Waals surface area contributed by atoms with Crippen molar-refractivity contribution in [1.29, 1.82) is 0 Å². The van der Waals surface area contributed by atoms with Crippen molar-refractivity contribution in [3.05, 3.63) is 59.7 Å². The Hall–Kier alpha value is -2.00. The Kier molecular flexibility index (Phi) is 4.24. The summed E-state index contributed by atoms with van der Waals surface area (Å²) >= 11 is 0. The van der Waals surface area contributed by atoms with E-state index < -0.39 is 5.60 Å². The van der Waals surface area contributed by atoms with Gasteiger partial charge in [-0.25, -0.2) is 0 Å². The van der Waals surface area contributed by atoms with Gasteiger partial charge < -0.3 is 14.9 Å². The monoisotopic (exact) mass is 284 g/mol. The van der Waals surface area contributed by atoms with Gasteiger partial charge in [0.15, 0.2) is 0 Å². The molecular weight excluding hydrogens is 260 g/mol. The zero-order chi connectivity index (χ0) is 15.6. The van der Waals surface area contributed by atoms with Crippen molar-refractivity contribution in [2.75, 3.05) is 38.0 Å². The van der Waals surface area contributed by atoms with E-state index in [-0.39, 0.29) is 0 Å². The summed E-state index contributed by atoms with van der Waals surface area (Å²) in [6.45, 7) is 1.84. The second-order valence-corrected chi connectivity index (χ2v) is 5.95. The van der Waals surface area contributed by atoms with Crippen molar-refractivity contribution >= 4 is 11.4 Å². The van der Waals surface area contributed by atoms with Crippen LogP contribution >= 0.6 is 0 Å². The van der Waals surface area contributed by atoms with Crippen LogP contribution in [0.1, 0.15) is 18.1 Å². The first-order chi connectivity index (χ1) is 9.82. The molecule has 0 atom stereocenters. The fourth-order valence-electron chi connectivity index (χ4n) is 2.33. The zero-order valence-electron chi connectivity index (χ0n) is 13.5. The summed E-state index contributed by atoms with van der Waals surface area (Å²) in [7, 11) is 8.03. The molecule has 2 aromatic carbocycles. The van der Waals surface area contributed by atoms with Crippen molar-refractivity contribution in [3.8, 4) is 0 Å². The fraction of sp³-hybridized carbons (Fsp3) is 0.333. The van der Waals surface area contributed by atoms with Crippen LogP contribution in [-0.2, 0) is 5.60 Å². The number of rotatable bonds is 4. The predicted molar refractivity (Wildman–Crippen MR) is 90.2 cm³/mol. The van der Waals surface area contributed by atoms with E-state index in [2.05, 4.69) is 0 Å². The molecular formula is C18H24N2O. The largest absolute Gasteiger partial charge is 0.381 e. The van der Waals surface area contributed by atoms with Crippen LogP contribution in [0.3, 0.4) is 0 Å². The van der Waals surface area contributed by atoms with E-state index >= 15 is 0 Å². The lowest BCUT2D eigenvalue weighted by Crippen LogP contribution is -2.23. The van der Waals surface area contributed by atoms with Crippen LogP contribution in [0.5, 0.6) is 0 Å². The molecule has 112 valence electrons. The lowest BCUT2D eigenvalue weighted by Gasteiger charge is -2.26. The van der Waals surface area contributed by atoms with Gasteiger partial charge >= 0.3 is 0 Å². The molecule has 0 fully saturated rings. The van der Waals surface area contributed by atoms with Crippen molar-refractivity contribution in [1.82, 2.24) is 0 Å². The number of anilines is 2. The quantitative estimate of drug-likeness (QED) is 0.934. The number of hydrogen-bond donors (Lipinski definition) is 1. The van der Waals surface area contributed by atoms with Crippen molar-refractivity contribution in [2.45, 2.75) is 12.5 Å². The molecule has 0 radical (unpaired) electrons. The number of nitrogens with zero attached hydrogens (tertiary/aromatic N) is 2. The van der Waals surface area contributed by atoms with Crippen LogP contribution in [-0.4, -0.2) is 33.3 Å². The van der Waals surface area contributed by atoms with Crippen LogP contribution in [0.25, 0.3) is 0 Å². The second-order valence-electron chi connectivity index (χ2n) is 5.95. The van der Waals surface area contributed by atoms with Gasteiger partial charge in [0.1, 0.15) is 5.60 Å². The minimum absolute atomic E-state index is 0.894. The normalized spacial score (nSPS) is 11.3. The highest BCUT2D eigenvalue weighted by molar-refractivity contribution is 5.51. The number of hydrogen-bond acceptors (Lipinski definition) is 3. The van der Waals surface area contributed by atoms with Crippen LogP contribution < -0.4 is 9.80 Å². The molecule has 0 aliphatic carbocycles. The summed E-state index contributed by atoms with van der Waals surface area (Å²) in [5.74, 6) is 0. The first kappa shape index (κ1) is 15.4. The van der Waals surface area contributed by atoms with Crippen LogP contribution in [0.15, 0.2) is 48.5 Å². The Balaban J connectivity index is 2.31. The van der Waals surface area contributed by atoms with Crippen molar-refractivity contribution in [3.63, 3.8) is 0 Å². The van der Waals surface area contributed by atoms with Gasteiger partial charge in [0, 0.05) is 39.6 Å². The topological polar surface area (TPSA) is 26.7 Å². The molecule has 1 N–H and O–H groups in total.